The molecule has 0 amide bonds. The van der Waals surface area contributed by atoms with Crippen LogP contribution in [-0.2, 0) is 4.79 Å². The number of allylic oxidation sites excluding steroid dienone is 5. The van der Waals surface area contributed by atoms with Gasteiger partial charge in [0.1, 0.15) is 0 Å². The van der Waals surface area contributed by atoms with Gasteiger partial charge in [0.15, 0.2) is 0 Å². The van der Waals surface area contributed by atoms with Crippen molar-refractivity contribution in [2.75, 3.05) is 0 Å². The first-order valence-corrected chi connectivity index (χ1v) is 4.37. The monoisotopic (exact) mass is 178 g/mol. The fourth-order valence-electron chi connectivity index (χ4n) is 1.38. The third kappa shape index (κ3) is 2.58. The summed E-state index contributed by atoms with van der Waals surface area (Å²) in [5, 5.41) is 8.47. The second kappa shape index (κ2) is 4.08. The number of carboxylic acid groups (broad SMARTS) is 1. The Morgan fingerprint density at radius 1 is 1.62 bits per heavy atom. The molecule has 1 aliphatic carbocycles. The highest BCUT2D eigenvalue weighted by Crippen LogP contribution is 2.26. The molecule has 0 aromatic carbocycles. The van der Waals surface area contributed by atoms with Crippen LogP contribution in [0.5, 0.6) is 0 Å². The largest absolute Gasteiger partial charge is 0.478 e. The van der Waals surface area contributed by atoms with Crippen molar-refractivity contribution in [2.24, 2.45) is 11.8 Å². The topological polar surface area (TPSA) is 37.3 Å². The van der Waals surface area contributed by atoms with Gasteiger partial charge in [-0.1, -0.05) is 36.8 Å². The Balaban J connectivity index is 2.68. The van der Waals surface area contributed by atoms with Crippen LogP contribution in [0.15, 0.2) is 36.0 Å². The normalized spacial score (nSPS) is 27.7. The van der Waals surface area contributed by atoms with Crippen LogP contribution in [0.4, 0.5) is 0 Å². The maximum absolute atomic E-state index is 10.3. The molecule has 0 radical (unpaired) electrons. The van der Waals surface area contributed by atoms with E-state index in [0.29, 0.717) is 5.92 Å². The molecule has 0 saturated heterocycles. The molecule has 0 aromatic rings. The fourth-order valence-corrected chi connectivity index (χ4v) is 1.38. The highest BCUT2D eigenvalue weighted by Gasteiger charge is 2.15. The van der Waals surface area contributed by atoms with Crippen LogP contribution < -0.4 is 0 Å². The van der Waals surface area contributed by atoms with Gasteiger partial charge in [-0.2, -0.15) is 0 Å². The Labute approximate surface area is 78.3 Å². The quantitative estimate of drug-likeness (QED) is 0.659. The number of aliphatic carboxylic acids is 1. The van der Waals surface area contributed by atoms with Gasteiger partial charge in [0.2, 0.25) is 0 Å². The summed E-state index contributed by atoms with van der Waals surface area (Å²) < 4.78 is 0. The van der Waals surface area contributed by atoms with E-state index in [9.17, 15) is 4.79 Å². The van der Waals surface area contributed by atoms with Crippen molar-refractivity contribution in [3.8, 4) is 0 Å². The van der Waals surface area contributed by atoms with E-state index < -0.39 is 5.97 Å². The summed E-state index contributed by atoms with van der Waals surface area (Å²) in [7, 11) is 0. The van der Waals surface area contributed by atoms with Crippen molar-refractivity contribution < 1.29 is 9.90 Å². The molecule has 1 N–H and O–H groups in total. The maximum atomic E-state index is 10.3. The summed E-state index contributed by atoms with van der Waals surface area (Å²) in [5.41, 5.74) is 1.29. The first kappa shape index (κ1) is 9.78. The Kier molecular flexibility index (Phi) is 3.07. The molecular weight excluding hydrogens is 164 g/mol. The third-order valence-electron chi connectivity index (χ3n) is 2.45. The molecule has 2 atom stereocenters. The Bertz CT molecular complexity index is 284. The standard InChI is InChI=1S/C11H14O2/c1-8-4-3-5-10(9(8)2)6-7-11(12)13/h3-7,9-10H,1-2H3,(H,12,13). The van der Waals surface area contributed by atoms with Gasteiger partial charge >= 0.3 is 5.97 Å². The Morgan fingerprint density at radius 3 is 2.92 bits per heavy atom. The summed E-state index contributed by atoms with van der Waals surface area (Å²) in [6.45, 7) is 4.17. The van der Waals surface area contributed by atoms with Crippen molar-refractivity contribution in [1.82, 2.24) is 0 Å². The predicted molar refractivity (Wildman–Crippen MR) is 52.3 cm³/mol. The third-order valence-corrected chi connectivity index (χ3v) is 2.45. The molecule has 0 aromatic heterocycles. The lowest BCUT2D eigenvalue weighted by molar-refractivity contribution is -0.131. The molecule has 0 spiro atoms. The van der Waals surface area contributed by atoms with Gasteiger partial charge in [-0.15, -0.1) is 0 Å². The van der Waals surface area contributed by atoms with Crippen LogP contribution >= 0.6 is 0 Å². The molecule has 13 heavy (non-hydrogen) atoms. The van der Waals surface area contributed by atoms with E-state index in [1.807, 2.05) is 12.2 Å². The number of hydrogen-bond acceptors (Lipinski definition) is 1. The number of carbonyl (C=O) groups is 1. The number of carboxylic acids is 1. The van der Waals surface area contributed by atoms with Crippen LogP contribution in [0, 0.1) is 11.8 Å². The molecule has 0 bridgehead atoms. The van der Waals surface area contributed by atoms with Gasteiger partial charge in [-0.05, 0) is 12.8 Å². The Morgan fingerprint density at radius 2 is 2.31 bits per heavy atom. The summed E-state index contributed by atoms with van der Waals surface area (Å²) in [6, 6.07) is 0. The van der Waals surface area contributed by atoms with Gasteiger partial charge in [-0.25, -0.2) is 4.79 Å². The zero-order chi connectivity index (χ0) is 9.84. The molecule has 1 rings (SSSR count). The van der Waals surface area contributed by atoms with E-state index in [1.165, 1.54) is 11.6 Å². The minimum Gasteiger partial charge on any atom is -0.478 e. The highest BCUT2D eigenvalue weighted by molar-refractivity contribution is 5.79. The van der Waals surface area contributed by atoms with Crippen LogP contribution in [-0.4, -0.2) is 11.1 Å². The first-order chi connectivity index (χ1) is 6.11. The second-order valence-electron chi connectivity index (χ2n) is 3.36. The summed E-state index contributed by atoms with van der Waals surface area (Å²) >= 11 is 0. The van der Waals surface area contributed by atoms with Gasteiger partial charge < -0.3 is 5.11 Å². The molecule has 2 unspecified atom stereocenters. The highest BCUT2D eigenvalue weighted by atomic mass is 16.4. The van der Waals surface area contributed by atoms with Gasteiger partial charge in [0.05, 0.1) is 0 Å². The smallest absolute Gasteiger partial charge is 0.327 e. The van der Waals surface area contributed by atoms with Gasteiger partial charge in [0.25, 0.3) is 0 Å². The molecule has 0 saturated carbocycles. The van der Waals surface area contributed by atoms with Crippen LogP contribution in [0.1, 0.15) is 13.8 Å². The molecular formula is C11H14O2. The summed E-state index contributed by atoms with van der Waals surface area (Å²) in [6.07, 6.45) is 9.02. The van der Waals surface area contributed by atoms with E-state index >= 15 is 0 Å². The lowest BCUT2D eigenvalue weighted by Crippen LogP contribution is -2.11. The SMILES string of the molecule is CC1=CC=CC(C=CC(=O)O)C1C. The summed E-state index contributed by atoms with van der Waals surface area (Å²) in [4.78, 5) is 10.3. The van der Waals surface area contributed by atoms with Crippen LogP contribution in [0.2, 0.25) is 0 Å². The van der Waals surface area contributed by atoms with Crippen molar-refractivity contribution in [1.29, 1.82) is 0 Å². The average molecular weight is 178 g/mol. The minimum absolute atomic E-state index is 0.223. The zero-order valence-electron chi connectivity index (χ0n) is 7.90. The van der Waals surface area contributed by atoms with E-state index in [4.69, 9.17) is 5.11 Å². The first-order valence-electron chi connectivity index (χ1n) is 4.37. The second-order valence-corrected chi connectivity index (χ2v) is 3.36. The van der Waals surface area contributed by atoms with E-state index in [2.05, 4.69) is 19.9 Å². The number of hydrogen-bond donors (Lipinski definition) is 1. The van der Waals surface area contributed by atoms with Gasteiger partial charge in [0, 0.05) is 12.0 Å². The Hall–Kier alpha value is -1.31. The van der Waals surface area contributed by atoms with Crippen molar-refractivity contribution >= 4 is 5.97 Å². The van der Waals surface area contributed by atoms with Crippen molar-refractivity contribution in [2.45, 2.75) is 13.8 Å². The molecule has 70 valence electrons. The van der Waals surface area contributed by atoms with Crippen LogP contribution in [0.3, 0.4) is 0 Å². The van der Waals surface area contributed by atoms with Gasteiger partial charge in [-0.3, -0.25) is 0 Å². The van der Waals surface area contributed by atoms with Crippen molar-refractivity contribution in [3.05, 3.63) is 36.0 Å². The summed E-state index contributed by atoms with van der Waals surface area (Å²) in [5.74, 6) is -0.255. The molecule has 0 fully saturated rings. The molecule has 1 aliphatic rings. The van der Waals surface area contributed by atoms with E-state index in [0.717, 1.165) is 0 Å². The van der Waals surface area contributed by atoms with E-state index in [-0.39, 0.29) is 5.92 Å². The minimum atomic E-state index is -0.882. The van der Waals surface area contributed by atoms with Crippen LogP contribution in [0.25, 0.3) is 0 Å². The van der Waals surface area contributed by atoms with E-state index in [1.54, 1.807) is 6.08 Å². The average Bonchev–Trinajstić information content (AvgIpc) is 2.07. The molecule has 2 heteroatoms. The lowest BCUT2D eigenvalue weighted by atomic mass is 9.84. The van der Waals surface area contributed by atoms with Crippen molar-refractivity contribution in [3.63, 3.8) is 0 Å². The fraction of sp³-hybridized carbons (Fsp3) is 0.364. The molecule has 2 nitrogen and oxygen atoms in total. The lowest BCUT2D eigenvalue weighted by Gasteiger charge is -2.21. The predicted octanol–water partition coefficient (Wildman–Crippen LogP) is 2.40. The molecule has 0 heterocycles. The zero-order valence-corrected chi connectivity index (χ0v) is 7.90. The number of rotatable bonds is 2. The molecule has 0 aliphatic heterocycles. The maximum Gasteiger partial charge on any atom is 0.327 e.